The summed E-state index contributed by atoms with van der Waals surface area (Å²) in [6.45, 7) is 2.82. The van der Waals surface area contributed by atoms with E-state index in [0.29, 0.717) is 11.4 Å². The van der Waals surface area contributed by atoms with Gasteiger partial charge in [0.25, 0.3) is 0 Å². The third kappa shape index (κ3) is 2.91. The SMILES string of the molecule is COc1ccc(C(=O)O)cc1NC(=O)C1NCCC1C. The number of carbonyl (C=O) groups excluding carboxylic acids is 1. The minimum absolute atomic E-state index is 0.105. The topological polar surface area (TPSA) is 87.7 Å². The summed E-state index contributed by atoms with van der Waals surface area (Å²) >= 11 is 0. The Kier molecular flexibility index (Phi) is 4.24. The highest BCUT2D eigenvalue weighted by molar-refractivity contribution is 5.98. The van der Waals surface area contributed by atoms with Gasteiger partial charge in [0.2, 0.25) is 5.91 Å². The fraction of sp³-hybridized carbons (Fsp3) is 0.429. The Morgan fingerprint density at radius 1 is 1.45 bits per heavy atom. The molecule has 2 unspecified atom stereocenters. The highest BCUT2D eigenvalue weighted by Crippen LogP contribution is 2.26. The largest absolute Gasteiger partial charge is 0.495 e. The van der Waals surface area contributed by atoms with Crippen LogP contribution in [0.15, 0.2) is 18.2 Å². The summed E-state index contributed by atoms with van der Waals surface area (Å²) in [5.74, 6) is -0.524. The summed E-state index contributed by atoms with van der Waals surface area (Å²) in [5.41, 5.74) is 0.479. The zero-order valence-corrected chi connectivity index (χ0v) is 11.5. The van der Waals surface area contributed by atoms with Crippen LogP contribution in [0, 0.1) is 5.92 Å². The van der Waals surface area contributed by atoms with Crippen molar-refractivity contribution in [3.8, 4) is 5.75 Å². The fourth-order valence-electron chi connectivity index (χ4n) is 2.33. The minimum atomic E-state index is -1.05. The number of rotatable bonds is 4. The Labute approximate surface area is 117 Å². The molecule has 0 spiro atoms. The molecular weight excluding hydrogens is 260 g/mol. The Morgan fingerprint density at radius 2 is 2.20 bits per heavy atom. The highest BCUT2D eigenvalue weighted by Gasteiger charge is 2.29. The van der Waals surface area contributed by atoms with Crippen LogP contribution >= 0.6 is 0 Å². The lowest BCUT2D eigenvalue weighted by Gasteiger charge is -2.17. The molecule has 1 heterocycles. The van der Waals surface area contributed by atoms with Crippen LogP contribution in [-0.2, 0) is 4.79 Å². The number of amides is 1. The van der Waals surface area contributed by atoms with Crippen molar-refractivity contribution in [1.82, 2.24) is 5.32 Å². The Hall–Kier alpha value is -2.08. The van der Waals surface area contributed by atoms with E-state index in [1.807, 2.05) is 6.92 Å². The first kappa shape index (κ1) is 14.3. The van der Waals surface area contributed by atoms with Crippen LogP contribution in [0.4, 0.5) is 5.69 Å². The molecule has 0 aromatic heterocycles. The van der Waals surface area contributed by atoms with Gasteiger partial charge in [-0.2, -0.15) is 0 Å². The van der Waals surface area contributed by atoms with Crippen molar-refractivity contribution in [2.75, 3.05) is 19.0 Å². The van der Waals surface area contributed by atoms with Gasteiger partial charge in [0.05, 0.1) is 24.4 Å². The summed E-state index contributed by atoms with van der Waals surface area (Å²) in [6.07, 6.45) is 0.949. The first-order chi connectivity index (χ1) is 9.52. The molecule has 0 radical (unpaired) electrons. The second-order valence-electron chi connectivity index (χ2n) is 4.91. The predicted molar refractivity (Wildman–Crippen MR) is 74.2 cm³/mol. The van der Waals surface area contributed by atoms with Crippen LogP contribution in [0.2, 0.25) is 0 Å². The first-order valence-electron chi connectivity index (χ1n) is 6.48. The number of nitrogens with one attached hydrogen (secondary N) is 2. The quantitative estimate of drug-likeness (QED) is 0.773. The molecule has 0 bridgehead atoms. The van der Waals surface area contributed by atoms with Crippen LogP contribution in [0.3, 0.4) is 0 Å². The van der Waals surface area contributed by atoms with Crippen molar-refractivity contribution in [1.29, 1.82) is 0 Å². The molecule has 1 aromatic rings. The molecule has 6 heteroatoms. The number of carbonyl (C=O) groups is 2. The van der Waals surface area contributed by atoms with Gasteiger partial charge in [-0.05, 0) is 37.1 Å². The molecule has 108 valence electrons. The average Bonchev–Trinajstić information content (AvgIpc) is 2.84. The molecule has 1 fully saturated rings. The van der Waals surface area contributed by atoms with Gasteiger partial charge in [0, 0.05) is 0 Å². The number of methoxy groups -OCH3 is 1. The summed E-state index contributed by atoms with van der Waals surface area (Å²) in [5, 5.41) is 14.9. The molecule has 6 nitrogen and oxygen atoms in total. The van der Waals surface area contributed by atoms with Gasteiger partial charge in [0.1, 0.15) is 5.75 Å². The summed E-state index contributed by atoms with van der Waals surface area (Å²) in [7, 11) is 1.47. The van der Waals surface area contributed by atoms with Gasteiger partial charge in [-0.15, -0.1) is 0 Å². The summed E-state index contributed by atoms with van der Waals surface area (Å²) in [6, 6.07) is 4.12. The van der Waals surface area contributed by atoms with Crippen molar-refractivity contribution < 1.29 is 19.4 Å². The van der Waals surface area contributed by atoms with E-state index in [4.69, 9.17) is 9.84 Å². The van der Waals surface area contributed by atoms with E-state index in [-0.39, 0.29) is 23.4 Å². The van der Waals surface area contributed by atoms with E-state index in [1.54, 1.807) is 0 Å². The third-order valence-electron chi connectivity index (χ3n) is 3.52. The summed E-state index contributed by atoms with van der Waals surface area (Å²) < 4.78 is 5.14. The molecule has 3 N–H and O–H groups in total. The second-order valence-corrected chi connectivity index (χ2v) is 4.91. The number of ether oxygens (including phenoxy) is 1. The molecule has 1 aliphatic heterocycles. The predicted octanol–water partition coefficient (Wildman–Crippen LogP) is 1.33. The van der Waals surface area contributed by atoms with Gasteiger partial charge in [-0.1, -0.05) is 6.92 Å². The van der Waals surface area contributed by atoms with Crippen LogP contribution in [-0.4, -0.2) is 36.7 Å². The van der Waals surface area contributed by atoms with Gasteiger partial charge in [0.15, 0.2) is 0 Å². The molecule has 1 amide bonds. The van der Waals surface area contributed by atoms with Crippen LogP contribution < -0.4 is 15.4 Å². The van der Waals surface area contributed by atoms with Crippen molar-refractivity contribution in [3.63, 3.8) is 0 Å². The van der Waals surface area contributed by atoms with Crippen molar-refractivity contribution in [2.45, 2.75) is 19.4 Å². The van der Waals surface area contributed by atoms with Gasteiger partial charge in [-0.25, -0.2) is 4.79 Å². The van der Waals surface area contributed by atoms with Gasteiger partial charge < -0.3 is 20.5 Å². The van der Waals surface area contributed by atoms with E-state index in [9.17, 15) is 9.59 Å². The molecule has 2 rings (SSSR count). The Bertz CT molecular complexity index is 530. The number of hydrogen-bond acceptors (Lipinski definition) is 4. The minimum Gasteiger partial charge on any atom is -0.495 e. The summed E-state index contributed by atoms with van der Waals surface area (Å²) in [4.78, 5) is 23.2. The van der Waals surface area contributed by atoms with E-state index >= 15 is 0 Å². The number of benzene rings is 1. The molecule has 1 saturated heterocycles. The molecule has 20 heavy (non-hydrogen) atoms. The van der Waals surface area contributed by atoms with Gasteiger partial charge >= 0.3 is 5.97 Å². The Morgan fingerprint density at radius 3 is 2.75 bits per heavy atom. The molecular formula is C14H18N2O4. The third-order valence-corrected chi connectivity index (χ3v) is 3.52. The second kappa shape index (κ2) is 5.92. The zero-order valence-electron chi connectivity index (χ0n) is 11.5. The average molecular weight is 278 g/mol. The van der Waals surface area contributed by atoms with E-state index < -0.39 is 5.97 Å². The number of carboxylic acids is 1. The van der Waals surface area contributed by atoms with Gasteiger partial charge in [-0.3, -0.25) is 4.79 Å². The number of anilines is 1. The lowest BCUT2D eigenvalue weighted by Crippen LogP contribution is -2.39. The smallest absolute Gasteiger partial charge is 0.335 e. The maximum absolute atomic E-state index is 12.2. The molecule has 1 aliphatic rings. The van der Waals surface area contributed by atoms with Crippen molar-refractivity contribution >= 4 is 17.6 Å². The van der Waals surface area contributed by atoms with Crippen LogP contribution in [0.25, 0.3) is 0 Å². The lowest BCUT2D eigenvalue weighted by atomic mass is 10.0. The maximum atomic E-state index is 12.2. The van der Waals surface area contributed by atoms with Crippen molar-refractivity contribution in [2.24, 2.45) is 5.92 Å². The van der Waals surface area contributed by atoms with E-state index in [2.05, 4.69) is 10.6 Å². The first-order valence-corrected chi connectivity index (χ1v) is 6.48. The molecule has 0 saturated carbocycles. The number of hydrogen-bond donors (Lipinski definition) is 3. The lowest BCUT2D eigenvalue weighted by molar-refractivity contribution is -0.118. The van der Waals surface area contributed by atoms with Crippen LogP contribution in [0.5, 0.6) is 5.75 Å². The Balaban J connectivity index is 2.20. The standard InChI is InChI=1S/C14H18N2O4/c1-8-5-6-15-12(8)13(17)16-10-7-9(14(18)19)3-4-11(10)20-2/h3-4,7-8,12,15H,5-6H2,1-2H3,(H,16,17)(H,18,19). The maximum Gasteiger partial charge on any atom is 0.335 e. The number of aromatic carboxylic acids is 1. The van der Waals surface area contributed by atoms with E-state index in [0.717, 1.165) is 13.0 Å². The number of carboxylic acid groups (broad SMARTS) is 1. The van der Waals surface area contributed by atoms with Crippen LogP contribution in [0.1, 0.15) is 23.7 Å². The highest BCUT2D eigenvalue weighted by atomic mass is 16.5. The normalized spacial score (nSPS) is 21.5. The molecule has 2 atom stereocenters. The van der Waals surface area contributed by atoms with E-state index in [1.165, 1.54) is 25.3 Å². The molecule has 0 aliphatic carbocycles. The van der Waals surface area contributed by atoms with Crippen molar-refractivity contribution in [3.05, 3.63) is 23.8 Å². The monoisotopic (exact) mass is 278 g/mol. The fourth-order valence-corrected chi connectivity index (χ4v) is 2.33. The molecule has 1 aromatic carbocycles. The zero-order chi connectivity index (χ0) is 14.7.